The Kier molecular flexibility index (Phi) is 8.80. The van der Waals surface area contributed by atoms with Crippen molar-refractivity contribution in [2.75, 3.05) is 0 Å². The van der Waals surface area contributed by atoms with Crippen molar-refractivity contribution in [3.8, 4) is 0 Å². The van der Waals surface area contributed by atoms with Crippen LogP contribution in [0.25, 0.3) is 0 Å². The molecule has 0 saturated heterocycles. The molecule has 0 heterocycles. The van der Waals surface area contributed by atoms with Gasteiger partial charge >= 0.3 is 11.9 Å². The molecule has 0 aromatic heterocycles. The van der Waals surface area contributed by atoms with E-state index in [0.717, 1.165) is 27.0 Å². The largest absolute Gasteiger partial charge is 0.453 e. The molecule has 0 fully saturated rings. The SMILES string of the molecule is CC(=O)O[C@H](c1ccccc1)[C@H](OC(=O)c1ccccc1P(c1ccccc1)c1ccccc1)c1ccccc1. The first-order chi connectivity index (χ1) is 19.6. The molecule has 5 aromatic rings. The second-order valence-electron chi connectivity index (χ2n) is 9.20. The molecule has 4 nitrogen and oxygen atoms in total. The number of benzene rings is 5. The Labute approximate surface area is 236 Å². The molecule has 0 saturated carbocycles. The van der Waals surface area contributed by atoms with Gasteiger partial charge in [0.25, 0.3) is 0 Å². The fraction of sp³-hybridized carbons (Fsp3) is 0.0857. The number of carbonyl (C=O) groups is 2. The van der Waals surface area contributed by atoms with Crippen LogP contribution in [0.4, 0.5) is 0 Å². The Morgan fingerprint density at radius 1 is 0.525 bits per heavy atom. The van der Waals surface area contributed by atoms with Crippen molar-refractivity contribution in [2.24, 2.45) is 0 Å². The van der Waals surface area contributed by atoms with Crippen LogP contribution in [0.3, 0.4) is 0 Å². The molecule has 0 spiro atoms. The van der Waals surface area contributed by atoms with E-state index in [2.05, 4.69) is 24.3 Å². The molecule has 198 valence electrons. The fourth-order valence-corrected chi connectivity index (χ4v) is 7.11. The van der Waals surface area contributed by atoms with E-state index in [0.29, 0.717) is 5.56 Å². The smallest absolute Gasteiger partial charge is 0.339 e. The van der Waals surface area contributed by atoms with E-state index in [1.807, 2.05) is 121 Å². The van der Waals surface area contributed by atoms with Gasteiger partial charge in [-0.3, -0.25) is 4.79 Å². The predicted octanol–water partition coefficient (Wildman–Crippen LogP) is 6.65. The number of hydrogen-bond donors (Lipinski definition) is 0. The third-order valence-corrected chi connectivity index (χ3v) is 8.95. The van der Waals surface area contributed by atoms with Crippen LogP contribution in [0.15, 0.2) is 146 Å². The predicted molar refractivity (Wildman–Crippen MR) is 161 cm³/mol. The topological polar surface area (TPSA) is 52.6 Å². The molecule has 2 atom stereocenters. The van der Waals surface area contributed by atoms with Crippen molar-refractivity contribution in [1.82, 2.24) is 0 Å². The van der Waals surface area contributed by atoms with Crippen molar-refractivity contribution in [3.05, 3.63) is 162 Å². The van der Waals surface area contributed by atoms with Gasteiger partial charge in [-0.1, -0.05) is 140 Å². The van der Waals surface area contributed by atoms with E-state index in [4.69, 9.17) is 9.47 Å². The molecule has 0 bridgehead atoms. The van der Waals surface area contributed by atoms with Gasteiger partial charge < -0.3 is 9.47 Å². The number of ether oxygens (including phenoxy) is 2. The summed E-state index contributed by atoms with van der Waals surface area (Å²) in [6, 6.07) is 46.8. The lowest BCUT2D eigenvalue weighted by Gasteiger charge is -2.28. The van der Waals surface area contributed by atoms with E-state index < -0.39 is 32.1 Å². The third-order valence-electron chi connectivity index (χ3n) is 6.45. The van der Waals surface area contributed by atoms with Gasteiger partial charge in [0.1, 0.15) is 0 Å². The molecular weight excluding hydrogens is 515 g/mol. The van der Waals surface area contributed by atoms with Crippen LogP contribution in [0.2, 0.25) is 0 Å². The van der Waals surface area contributed by atoms with Gasteiger partial charge in [0.05, 0.1) is 5.56 Å². The average Bonchev–Trinajstić information content (AvgIpc) is 3.01. The summed E-state index contributed by atoms with van der Waals surface area (Å²) in [5.74, 6) is -0.931. The maximum atomic E-state index is 14.1. The minimum atomic E-state index is -1.04. The summed E-state index contributed by atoms with van der Waals surface area (Å²) in [7, 11) is -1.04. The lowest BCUT2D eigenvalue weighted by atomic mass is 9.97. The summed E-state index contributed by atoms with van der Waals surface area (Å²) in [5, 5.41) is 3.16. The lowest BCUT2D eigenvalue weighted by molar-refractivity contribution is -0.153. The van der Waals surface area contributed by atoms with Crippen molar-refractivity contribution in [2.45, 2.75) is 19.1 Å². The lowest BCUT2D eigenvalue weighted by Crippen LogP contribution is -2.28. The van der Waals surface area contributed by atoms with Crippen LogP contribution >= 0.6 is 7.92 Å². The Bertz CT molecular complexity index is 1500. The van der Waals surface area contributed by atoms with Crippen LogP contribution in [0.5, 0.6) is 0 Å². The first kappa shape index (κ1) is 27.1. The monoisotopic (exact) mass is 544 g/mol. The first-order valence-corrected chi connectivity index (χ1v) is 14.4. The Hall–Kier alpha value is -4.53. The summed E-state index contributed by atoms with van der Waals surface area (Å²) < 4.78 is 12.1. The zero-order chi connectivity index (χ0) is 27.7. The fourth-order valence-electron chi connectivity index (χ4n) is 4.67. The highest BCUT2D eigenvalue weighted by atomic mass is 31.1. The van der Waals surface area contributed by atoms with Gasteiger partial charge in [0.15, 0.2) is 12.2 Å². The summed E-state index contributed by atoms with van der Waals surface area (Å²) in [6.07, 6.45) is -1.67. The quantitative estimate of drug-likeness (QED) is 0.154. The highest BCUT2D eigenvalue weighted by molar-refractivity contribution is 7.80. The molecule has 40 heavy (non-hydrogen) atoms. The number of hydrogen-bond acceptors (Lipinski definition) is 4. The molecular formula is C35H29O4P. The molecule has 5 heteroatoms. The standard InChI is InChI=1S/C35H29O4P/c1-26(36)38-33(27-16-6-2-7-17-27)34(28-18-8-3-9-19-28)39-35(37)31-24-14-15-25-32(31)40(29-20-10-4-11-21-29)30-22-12-5-13-23-30/h2-25,33-34H,1H3/t33-,34-/m1/s1. The van der Waals surface area contributed by atoms with E-state index in [9.17, 15) is 9.59 Å². The number of esters is 2. The van der Waals surface area contributed by atoms with Crippen molar-refractivity contribution >= 4 is 35.8 Å². The van der Waals surface area contributed by atoms with E-state index in [1.165, 1.54) is 6.92 Å². The minimum absolute atomic E-state index is 0.456. The van der Waals surface area contributed by atoms with Crippen LogP contribution in [0, 0.1) is 0 Å². The van der Waals surface area contributed by atoms with Gasteiger partial charge in [0.2, 0.25) is 0 Å². The molecule has 0 unspecified atom stereocenters. The van der Waals surface area contributed by atoms with Gasteiger partial charge in [-0.2, -0.15) is 0 Å². The van der Waals surface area contributed by atoms with E-state index >= 15 is 0 Å². The number of rotatable bonds is 9. The van der Waals surface area contributed by atoms with Crippen molar-refractivity contribution in [1.29, 1.82) is 0 Å². The normalized spacial score (nSPS) is 12.3. The maximum Gasteiger partial charge on any atom is 0.339 e. The molecule has 0 aliphatic carbocycles. The zero-order valence-corrected chi connectivity index (χ0v) is 23.0. The average molecular weight is 545 g/mol. The number of carbonyl (C=O) groups excluding carboxylic acids is 2. The summed E-state index contributed by atoms with van der Waals surface area (Å²) >= 11 is 0. The minimum Gasteiger partial charge on any atom is -0.453 e. The van der Waals surface area contributed by atoms with Crippen LogP contribution < -0.4 is 15.9 Å². The Balaban J connectivity index is 1.58. The Morgan fingerprint density at radius 3 is 1.40 bits per heavy atom. The molecule has 5 aromatic carbocycles. The molecule has 0 aliphatic rings. The van der Waals surface area contributed by atoms with Crippen LogP contribution in [-0.4, -0.2) is 11.9 Å². The highest BCUT2D eigenvalue weighted by Crippen LogP contribution is 2.38. The van der Waals surface area contributed by atoms with Crippen LogP contribution in [-0.2, 0) is 14.3 Å². The maximum absolute atomic E-state index is 14.1. The Morgan fingerprint density at radius 2 is 0.925 bits per heavy atom. The third kappa shape index (κ3) is 6.36. The highest BCUT2D eigenvalue weighted by Gasteiger charge is 2.33. The van der Waals surface area contributed by atoms with Crippen molar-refractivity contribution in [3.63, 3.8) is 0 Å². The molecule has 0 amide bonds. The van der Waals surface area contributed by atoms with Crippen molar-refractivity contribution < 1.29 is 19.1 Å². The second kappa shape index (κ2) is 13.0. The zero-order valence-electron chi connectivity index (χ0n) is 22.1. The van der Waals surface area contributed by atoms with Gasteiger partial charge in [-0.25, -0.2) is 4.79 Å². The van der Waals surface area contributed by atoms with Crippen LogP contribution in [0.1, 0.15) is 40.6 Å². The van der Waals surface area contributed by atoms with Gasteiger partial charge in [-0.05, 0) is 41.0 Å². The van der Waals surface area contributed by atoms with Gasteiger partial charge in [0, 0.05) is 6.92 Å². The van der Waals surface area contributed by atoms with E-state index in [1.54, 1.807) is 0 Å². The molecule has 0 aliphatic heterocycles. The van der Waals surface area contributed by atoms with E-state index in [-0.39, 0.29) is 0 Å². The van der Waals surface area contributed by atoms with Gasteiger partial charge in [-0.15, -0.1) is 0 Å². The molecule has 0 N–H and O–H groups in total. The summed E-state index contributed by atoms with van der Waals surface area (Å²) in [6.45, 7) is 1.36. The molecule has 5 rings (SSSR count). The second-order valence-corrected chi connectivity index (χ2v) is 11.4. The molecule has 0 radical (unpaired) electrons. The first-order valence-electron chi connectivity index (χ1n) is 13.1. The summed E-state index contributed by atoms with van der Waals surface area (Å²) in [4.78, 5) is 26.3. The summed E-state index contributed by atoms with van der Waals surface area (Å²) in [5.41, 5.74) is 1.96.